The first-order valence-electron chi connectivity index (χ1n) is 8.21. The van der Waals surface area contributed by atoms with Crippen LogP contribution >= 0.6 is 0 Å². The number of nitrogens with one attached hydrogen (secondary N) is 1. The number of hydrogen-bond donors (Lipinski definition) is 2. The monoisotopic (exact) mass is 370 g/mol. The minimum Gasteiger partial charge on any atom is -0.479 e. The fraction of sp³-hybridized carbons (Fsp3) is 0.222. The maximum absolute atomic E-state index is 13.5. The molecular formula is C18H19FN6O2. The van der Waals surface area contributed by atoms with Crippen LogP contribution in [0.4, 0.5) is 16.0 Å². The molecule has 0 saturated heterocycles. The van der Waals surface area contributed by atoms with Crippen molar-refractivity contribution in [3.63, 3.8) is 0 Å². The molecule has 3 aromatic rings. The van der Waals surface area contributed by atoms with Crippen LogP contribution in [0.25, 0.3) is 11.1 Å². The highest BCUT2D eigenvalue weighted by atomic mass is 19.1. The van der Waals surface area contributed by atoms with E-state index < -0.39 is 5.82 Å². The molecule has 3 N–H and O–H groups in total. The van der Waals surface area contributed by atoms with Gasteiger partial charge in [-0.1, -0.05) is 6.07 Å². The highest BCUT2D eigenvalue weighted by Gasteiger charge is 2.09. The molecule has 2 heterocycles. The summed E-state index contributed by atoms with van der Waals surface area (Å²) in [6, 6.07) is 5.83. The molecule has 0 saturated carbocycles. The summed E-state index contributed by atoms with van der Waals surface area (Å²) in [6.07, 6.45) is 4.84. The number of anilines is 2. The third-order valence-electron chi connectivity index (χ3n) is 3.79. The normalized spacial score (nSPS) is 10.6. The zero-order valence-corrected chi connectivity index (χ0v) is 14.9. The molecule has 8 nitrogen and oxygen atoms in total. The highest BCUT2D eigenvalue weighted by molar-refractivity contribution is 5.73. The summed E-state index contributed by atoms with van der Waals surface area (Å²) in [5.41, 5.74) is 8.74. The lowest BCUT2D eigenvalue weighted by Crippen LogP contribution is -2.13. The van der Waals surface area contributed by atoms with E-state index in [0.29, 0.717) is 6.54 Å². The predicted octanol–water partition coefficient (Wildman–Crippen LogP) is 2.42. The van der Waals surface area contributed by atoms with E-state index in [1.54, 1.807) is 10.9 Å². The standard InChI is InChI=1S/C18H19FN6O2/c1-11-5-12(13-8-22-25(10-13)4-3-16(20)26)7-14(6-11)23-18-21-9-15(19)17(24-18)27-2/h5-10H,3-4H2,1-2H3,(H2,20,26)(H,21,23,24). The van der Waals surface area contributed by atoms with Gasteiger partial charge in [0, 0.05) is 30.4 Å². The molecule has 0 fully saturated rings. The van der Waals surface area contributed by atoms with Crippen molar-refractivity contribution in [3.8, 4) is 17.0 Å². The summed E-state index contributed by atoms with van der Waals surface area (Å²) in [5, 5.41) is 7.29. The largest absolute Gasteiger partial charge is 0.479 e. The fourth-order valence-corrected chi connectivity index (χ4v) is 2.57. The third kappa shape index (κ3) is 4.57. The van der Waals surface area contributed by atoms with E-state index in [-0.39, 0.29) is 24.2 Å². The number of methoxy groups -OCH3 is 1. The molecule has 0 spiro atoms. The first-order chi connectivity index (χ1) is 12.9. The minimum absolute atomic E-state index is 0.129. The Morgan fingerprint density at radius 3 is 2.85 bits per heavy atom. The van der Waals surface area contributed by atoms with Gasteiger partial charge in [-0.3, -0.25) is 9.48 Å². The average molecular weight is 370 g/mol. The molecule has 27 heavy (non-hydrogen) atoms. The summed E-state index contributed by atoms with van der Waals surface area (Å²) in [7, 11) is 1.34. The zero-order valence-electron chi connectivity index (χ0n) is 14.9. The molecule has 0 aliphatic carbocycles. The van der Waals surface area contributed by atoms with Gasteiger partial charge in [0.15, 0.2) is 0 Å². The second-order valence-corrected chi connectivity index (χ2v) is 5.97. The number of hydrogen-bond acceptors (Lipinski definition) is 6. The molecule has 0 aliphatic rings. The molecule has 0 aliphatic heterocycles. The Kier molecular flexibility index (Phi) is 5.30. The van der Waals surface area contributed by atoms with E-state index in [4.69, 9.17) is 10.5 Å². The van der Waals surface area contributed by atoms with Crippen molar-refractivity contribution < 1.29 is 13.9 Å². The van der Waals surface area contributed by atoms with Gasteiger partial charge in [-0.2, -0.15) is 14.5 Å². The van der Waals surface area contributed by atoms with Gasteiger partial charge < -0.3 is 15.8 Å². The summed E-state index contributed by atoms with van der Waals surface area (Å²) < 4.78 is 20.0. The molecule has 2 aromatic heterocycles. The molecule has 0 bridgehead atoms. The number of ether oxygens (including phenoxy) is 1. The maximum atomic E-state index is 13.5. The number of carbonyl (C=O) groups excluding carboxylic acids is 1. The van der Waals surface area contributed by atoms with Gasteiger partial charge >= 0.3 is 0 Å². The summed E-state index contributed by atoms with van der Waals surface area (Å²) in [4.78, 5) is 18.8. The Morgan fingerprint density at radius 2 is 2.11 bits per heavy atom. The number of primary amides is 1. The van der Waals surface area contributed by atoms with Gasteiger partial charge in [0.25, 0.3) is 5.88 Å². The zero-order chi connectivity index (χ0) is 19.4. The van der Waals surface area contributed by atoms with E-state index in [0.717, 1.165) is 28.6 Å². The minimum atomic E-state index is -0.628. The van der Waals surface area contributed by atoms with Crippen LogP contribution in [0.5, 0.6) is 5.88 Å². The van der Waals surface area contributed by atoms with Crippen molar-refractivity contribution in [2.45, 2.75) is 19.9 Å². The Bertz CT molecular complexity index is 972. The van der Waals surface area contributed by atoms with E-state index in [2.05, 4.69) is 20.4 Å². The first kappa shape index (κ1) is 18.3. The van der Waals surface area contributed by atoms with Crippen LogP contribution < -0.4 is 15.8 Å². The Labute approximate surface area is 155 Å². The highest BCUT2D eigenvalue weighted by Crippen LogP contribution is 2.26. The second kappa shape index (κ2) is 7.81. The van der Waals surface area contributed by atoms with Gasteiger partial charge in [-0.25, -0.2) is 4.98 Å². The lowest BCUT2D eigenvalue weighted by molar-refractivity contribution is -0.118. The van der Waals surface area contributed by atoms with Crippen LogP contribution in [0.15, 0.2) is 36.8 Å². The van der Waals surface area contributed by atoms with Crippen LogP contribution in [-0.2, 0) is 11.3 Å². The van der Waals surface area contributed by atoms with Crippen LogP contribution in [0, 0.1) is 12.7 Å². The Morgan fingerprint density at radius 1 is 1.30 bits per heavy atom. The SMILES string of the molecule is COc1nc(Nc2cc(C)cc(-c3cnn(CCC(N)=O)c3)c2)ncc1F. The van der Waals surface area contributed by atoms with Crippen LogP contribution in [0.2, 0.25) is 0 Å². The molecular weight excluding hydrogens is 351 g/mol. The number of rotatable bonds is 7. The van der Waals surface area contributed by atoms with Gasteiger partial charge in [0.1, 0.15) is 0 Å². The van der Waals surface area contributed by atoms with Crippen LogP contribution in [0.3, 0.4) is 0 Å². The van der Waals surface area contributed by atoms with E-state index in [1.807, 2.05) is 31.3 Å². The number of amides is 1. The molecule has 0 unspecified atom stereocenters. The molecule has 3 rings (SSSR count). The number of halogens is 1. The van der Waals surface area contributed by atoms with Crippen LogP contribution in [0.1, 0.15) is 12.0 Å². The number of nitrogens with zero attached hydrogens (tertiary/aromatic N) is 4. The summed E-state index contributed by atoms with van der Waals surface area (Å²) in [6.45, 7) is 2.38. The number of aryl methyl sites for hydroxylation is 2. The molecule has 140 valence electrons. The second-order valence-electron chi connectivity index (χ2n) is 5.97. The Hall–Kier alpha value is -3.49. The molecule has 9 heteroatoms. The van der Waals surface area contributed by atoms with Crippen LogP contribution in [-0.4, -0.2) is 32.8 Å². The van der Waals surface area contributed by atoms with Crippen molar-refractivity contribution in [2.24, 2.45) is 5.73 Å². The lowest BCUT2D eigenvalue weighted by atomic mass is 10.1. The number of carbonyl (C=O) groups is 1. The third-order valence-corrected chi connectivity index (χ3v) is 3.79. The van der Waals surface area contributed by atoms with E-state index in [9.17, 15) is 9.18 Å². The van der Waals surface area contributed by atoms with Gasteiger partial charge in [-0.05, 0) is 30.2 Å². The van der Waals surface area contributed by atoms with Crippen molar-refractivity contribution in [1.29, 1.82) is 0 Å². The molecule has 0 atom stereocenters. The van der Waals surface area contributed by atoms with E-state index in [1.165, 1.54) is 7.11 Å². The molecule has 1 amide bonds. The topological polar surface area (TPSA) is 108 Å². The van der Waals surface area contributed by atoms with E-state index >= 15 is 0 Å². The quantitative estimate of drug-likeness (QED) is 0.661. The van der Waals surface area contributed by atoms with Gasteiger partial charge in [0.2, 0.25) is 17.7 Å². The smallest absolute Gasteiger partial charge is 0.255 e. The van der Waals surface area contributed by atoms with Crippen molar-refractivity contribution in [1.82, 2.24) is 19.7 Å². The van der Waals surface area contributed by atoms with Crippen molar-refractivity contribution in [3.05, 3.63) is 48.2 Å². The van der Waals surface area contributed by atoms with Gasteiger partial charge in [0.05, 0.1) is 19.5 Å². The summed E-state index contributed by atoms with van der Waals surface area (Å²) in [5.74, 6) is -0.904. The fourth-order valence-electron chi connectivity index (χ4n) is 2.57. The molecule has 1 aromatic carbocycles. The lowest BCUT2D eigenvalue weighted by Gasteiger charge is -2.09. The predicted molar refractivity (Wildman–Crippen MR) is 98.0 cm³/mol. The Balaban J connectivity index is 1.83. The number of nitrogens with two attached hydrogens (primary N) is 1. The number of benzene rings is 1. The maximum Gasteiger partial charge on any atom is 0.255 e. The average Bonchev–Trinajstić information content (AvgIpc) is 3.10. The van der Waals surface area contributed by atoms with Gasteiger partial charge in [-0.15, -0.1) is 0 Å². The summed E-state index contributed by atoms with van der Waals surface area (Å²) >= 11 is 0. The first-order valence-corrected chi connectivity index (χ1v) is 8.21. The van der Waals surface area contributed by atoms with Crippen molar-refractivity contribution >= 4 is 17.5 Å². The van der Waals surface area contributed by atoms with Crippen molar-refractivity contribution in [2.75, 3.05) is 12.4 Å². The number of aromatic nitrogens is 4. The molecule has 0 radical (unpaired) electrons.